The average molecular weight is 243 g/mol. The molecule has 0 rings (SSSR count). The van der Waals surface area contributed by atoms with Crippen LogP contribution in [0.1, 0.15) is 27.2 Å². The first-order valence-corrected chi connectivity index (χ1v) is 6.09. The highest BCUT2D eigenvalue weighted by Gasteiger charge is 2.25. The van der Waals surface area contributed by atoms with E-state index < -0.39 is 6.04 Å². The van der Waals surface area contributed by atoms with E-state index in [0.717, 1.165) is 6.42 Å². The molecule has 0 bridgehead atoms. The van der Waals surface area contributed by atoms with Crippen molar-refractivity contribution in [3.8, 4) is 0 Å². The molecular weight excluding hydrogens is 218 g/mol. The Morgan fingerprint density at radius 2 is 1.76 bits per heavy atom. The van der Waals surface area contributed by atoms with E-state index in [1.165, 1.54) is 9.80 Å². The van der Waals surface area contributed by atoms with Gasteiger partial charge in [0, 0.05) is 20.6 Å². The highest BCUT2D eigenvalue weighted by molar-refractivity contribution is 5.87. The number of amides is 2. The Hall–Kier alpha value is -1.10. The van der Waals surface area contributed by atoms with Gasteiger partial charge in [-0.2, -0.15) is 0 Å². The minimum absolute atomic E-state index is 0.0865. The van der Waals surface area contributed by atoms with Crippen LogP contribution in [0.2, 0.25) is 0 Å². The first-order chi connectivity index (χ1) is 7.84. The zero-order valence-corrected chi connectivity index (χ0v) is 11.6. The molecule has 5 heteroatoms. The SMILES string of the molecule is CCC(C)[C@H](N)C(=O)N(CC)CC(=O)N(C)C. The molecule has 0 saturated carbocycles. The maximum Gasteiger partial charge on any atom is 0.241 e. The van der Waals surface area contributed by atoms with E-state index in [9.17, 15) is 9.59 Å². The third kappa shape index (κ3) is 4.73. The largest absolute Gasteiger partial charge is 0.347 e. The van der Waals surface area contributed by atoms with Gasteiger partial charge in [-0.1, -0.05) is 20.3 Å². The van der Waals surface area contributed by atoms with Crippen LogP contribution >= 0.6 is 0 Å². The standard InChI is InChI=1S/C12H25N3O2/c1-6-9(3)11(13)12(17)15(7-2)8-10(16)14(4)5/h9,11H,6-8,13H2,1-5H3/t9?,11-/m0/s1. The van der Waals surface area contributed by atoms with Gasteiger partial charge in [-0.25, -0.2) is 0 Å². The maximum atomic E-state index is 12.1. The van der Waals surface area contributed by atoms with E-state index in [2.05, 4.69) is 0 Å². The van der Waals surface area contributed by atoms with Crippen molar-refractivity contribution in [3.63, 3.8) is 0 Å². The van der Waals surface area contributed by atoms with Crippen LogP contribution in [-0.2, 0) is 9.59 Å². The molecule has 0 spiro atoms. The second kappa shape index (κ2) is 7.27. The molecule has 2 amide bonds. The summed E-state index contributed by atoms with van der Waals surface area (Å²) in [5.41, 5.74) is 5.88. The van der Waals surface area contributed by atoms with E-state index in [-0.39, 0.29) is 24.3 Å². The Bertz CT molecular complexity index is 266. The summed E-state index contributed by atoms with van der Waals surface area (Å²) < 4.78 is 0. The zero-order valence-electron chi connectivity index (χ0n) is 11.6. The summed E-state index contributed by atoms with van der Waals surface area (Å²) >= 11 is 0. The van der Waals surface area contributed by atoms with E-state index in [4.69, 9.17) is 5.73 Å². The average Bonchev–Trinajstić information content (AvgIpc) is 2.32. The highest BCUT2D eigenvalue weighted by atomic mass is 16.2. The molecule has 100 valence electrons. The molecule has 2 atom stereocenters. The number of carbonyl (C=O) groups is 2. The summed E-state index contributed by atoms with van der Waals surface area (Å²) in [7, 11) is 3.35. The highest BCUT2D eigenvalue weighted by Crippen LogP contribution is 2.08. The van der Waals surface area contributed by atoms with Gasteiger partial charge in [0.1, 0.15) is 0 Å². The Morgan fingerprint density at radius 3 is 2.12 bits per heavy atom. The quantitative estimate of drug-likeness (QED) is 0.729. The van der Waals surface area contributed by atoms with Gasteiger partial charge in [0.2, 0.25) is 11.8 Å². The van der Waals surface area contributed by atoms with Crippen LogP contribution in [0.4, 0.5) is 0 Å². The molecule has 0 aliphatic rings. The molecule has 0 aromatic rings. The van der Waals surface area contributed by atoms with Crippen molar-refractivity contribution in [1.29, 1.82) is 0 Å². The predicted molar refractivity (Wildman–Crippen MR) is 68.4 cm³/mol. The molecule has 0 fully saturated rings. The summed E-state index contributed by atoms with van der Waals surface area (Å²) in [6, 6.07) is -0.519. The summed E-state index contributed by atoms with van der Waals surface area (Å²) in [5.74, 6) is -0.0976. The predicted octanol–water partition coefficient (Wildman–Crippen LogP) is 0.297. The maximum absolute atomic E-state index is 12.1. The Balaban J connectivity index is 4.55. The van der Waals surface area contributed by atoms with Crippen molar-refractivity contribution >= 4 is 11.8 Å². The lowest BCUT2D eigenvalue weighted by Crippen LogP contribution is -2.49. The molecular formula is C12H25N3O2. The number of nitrogens with zero attached hydrogens (tertiary/aromatic N) is 2. The lowest BCUT2D eigenvalue weighted by Gasteiger charge is -2.27. The minimum Gasteiger partial charge on any atom is -0.347 e. The molecule has 17 heavy (non-hydrogen) atoms. The van der Waals surface area contributed by atoms with Gasteiger partial charge < -0.3 is 15.5 Å². The van der Waals surface area contributed by atoms with Gasteiger partial charge in [-0.05, 0) is 12.8 Å². The fraction of sp³-hybridized carbons (Fsp3) is 0.833. The zero-order chi connectivity index (χ0) is 13.6. The molecule has 0 aliphatic heterocycles. The fourth-order valence-corrected chi connectivity index (χ4v) is 1.36. The minimum atomic E-state index is -0.519. The van der Waals surface area contributed by atoms with Gasteiger partial charge >= 0.3 is 0 Å². The molecule has 2 N–H and O–H groups in total. The molecule has 5 nitrogen and oxygen atoms in total. The number of hydrogen-bond acceptors (Lipinski definition) is 3. The smallest absolute Gasteiger partial charge is 0.241 e. The van der Waals surface area contributed by atoms with Gasteiger partial charge in [0.05, 0.1) is 12.6 Å². The van der Waals surface area contributed by atoms with Crippen molar-refractivity contribution in [2.24, 2.45) is 11.7 Å². The molecule has 0 aliphatic carbocycles. The first-order valence-electron chi connectivity index (χ1n) is 6.09. The fourth-order valence-electron chi connectivity index (χ4n) is 1.36. The second-order valence-electron chi connectivity index (χ2n) is 4.55. The summed E-state index contributed by atoms with van der Waals surface area (Å²) in [4.78, 5) is 26.6. The van der Waals surface area contributed by atoms with Crippen LogP contribution in [0.5, 0.6) is 0 Å². The van der Waals surface area contributed by atoms with E-state index in [1.807, 2.05) is 20.8 Å². The molecule has 0 radical (unpaired) electrons. The van der Waals surface area contributed by atoms with Gasteiger partial charge in [0.15, 0.2) is 0 Å². The van der Waals surface area contributed by atoms with Gasteiger partial charge in [0.25, 0.3) is 0 Å². The van der Waals surface area contributed by atoms with Crippen LogP contribution in [-0.4, -0.2) is 54.8 Å². The summed E-state index contributed by atoms with van der Waals surface area (Å²) in [6.07, 6.45) is 0.853. The topological polar surface area (TPSA) is 66.6 Å². The normalized spacial score (nSPS) is 14.0. The number of hydrogen-bond donors (Lipinski definition) is 1. The van der Waals surface area contributed by atoms with Gasteiger partial charge in [-0.15, -0.1) is 0 Å². The van der Waals surface area contributed by atoms with Crippen molar-refractivity contribution in [3.05, 3.63) is 0 Å². The van der Waals surface area contributed by atoms with Crippen LogP contribution in [0, 0.1) is 5.92 Å². The third-order valence-electron chi connectivity index (χ3n) is 3.06. The Labute approximate surface area is 104 Å². The molecule has 0 heterocycles. The molecule has 1 unspecified atom stereocenters. The monoisotopic (exact) mass is 243 g/mol. The van der Waals surface area contributed by atoms with Gasteiger partial charge in [-0.3, -0.25) is 9.59 Å². The van der Waals surface area contributed by atoms with Crippen molar-refractivity contribution in [2.75, 3.05) is 27.2 Å². The lowest BCUT2D eigenvalue weighted by atomic mass is 9.99. The van der Waals surface area contributed by atoms with Crippen LogP contribution in [0.15, 0.2) is 0 Å². The summed E-state index contributed by atoms with van der Waals surface area (Å²) in [6.45, 7) is 6.41. The van der Waals surface area contributed by atoms with E-state index >= 15 is 0 Å². The van der Waals surface area contributed by atoms with Crippen molar-refractivity contribution in [1.82, 2.24) is 9.80 Å². The van der Waals surface area contributed by atoms with Crippen molar-refractivity contribution < 1.29 is 9.59 Å². The van der Waals surface area contributed by atoms with Crippen LogP contribution in [0.25, 0.3) is 0 Å². The molecule has 0 aromatic carbocycles. The summed E-state index contributed by atoms with van der Waals surface area (Å²) in [5, 5.41) is 0. The van der Waals surface area contributed by atoms with Crippen LogP contribution in [0.3, 0.4) is 0 Å². The Morgan fingerprint density at radius 1 is 1.24 bits per heavy atom. The second-order valence-corrected chi connectivity index (χ2v) is 4.55. The first kappa shape index (κ1) is 15.9. The third-order valence-corrected chi connectivity index (χ3v) is 3.06. The Kier molecular flexibility index (Phi) is 6.80. The van der Waals surface area contributed by atoms with E-state index in [1.54, 1.807) is 14.1 Å². The van der Waals surface area contributed by atoms with E-state index in [0.29, 0.717) is 6.54 Å². The number of rotatable bonds is 6. The lowest BCUT2D eigenvalue weighted by molar-refractivity contribution is -0.140. The van der Waals surface area contributed by atoms with Crippen LogP contribution < -0.4 is 5.73 Å². The number of carbonyl (C=O) groups excluding carboxylic acids is 2. The number of nitrogens with two attached hydrogens (primary N) is 1. The van der Waals surface area contributed by atoms with Crippen molar-refractivity contribution in [2.45, 2.75) is 33.2 Å². The molecule has 0 aromatic heterocycles. The molecule has 0 saturated heterocycles. The number of likely N-dealkylation sites (N-methyl/N-ethyl adjacent to an activating group) is 2.